The maximum Gasteiger partial charge on any atom is 0.228 e. The molecule has 3 rings (SSSR count). The Hall–Kier alpha value is -2.10. The molecule has 1 heterocycles. The number of anilines is 1. The van der Waals surface area contributed by atoms with Gasteiger partial charge in [-0.15, -0.1) is 0 Å². The highest BCUT2D eigenvalue weighted by Gasteiger charge is 2.22. The van der Waals surface area contributed by atoms with Gasteiger partial charge in [-0.05, 0) is 12.8 Å². The van der Waals surface area contributed by atoms with Crippen LogP contribution in [0.4, 0.5) is 5.82 Å². The molecule has 4 heteroatoms. The quantitative estimate of drug-likeness (QED) is 0.935. The van der Waals surface area contributed by atoms with Gasteiger partial charge < -0.3 is 5.32 Å². The highest BCUT2D eigenvalue weighted by atomic mass is 16.2. The molecule has 1 N–H and O–H groups in total. The number of aromatic nitrogens is 2. The van der Waals surface area contributed by atoms with E-state index in [1.807, 2.05) is 43.4 Å². The van der Waals surface area contributed by atoms with Crippen LogP contribution in [0.15, 0.2) is 36.4 Å². The van der Waals surface area contributed by atoms with Crippen molar-refractivity contribution in [1.82, 2.24) is 9.78 Å². The van der Waals surface area contributed by atoms with E-state index >= 15 is 0 Å². The number of hydrogen-bond donors (Lipinski definition) is 1. The van der Waals surface area contributed by atoms with Gasteiger partial charge in [-0.1, -0.05) is 49.6 Å². The molecule has 1 amide bonds. The monoisotopic (exact) mass is 283 g/mol. The molecule has 0 atom stereocenters. The number of carbonyl (C=O) groups excluding carboxylic acids is 1. The molecule has 0 saturated heterocycles. The fourth-order valence-electron chi connectivity index (χ4n) is 2.93. The van der Waals surface area contributed by atoms with Gasteiger partial charge >= 0.3 is 0 Å². The summed E-state index contributed by atoms with van der Waals surface area (Å²) in [7, 11) is 1.86. The van der Waals surface area contributed by atoms with Crippen molar-refractivity contribution in [3.8, 4) is 11.3 Å². The van der Waals surface area contributed by atoms with E-state index in [9.17, 15) is 4.79 Å². The average molecular weight is 283 g/mol. The topological polar surface area (TPSA) is 46.9 Å². The van der Waals surface area contributed by atoms with Crippen LogP contribution in [0.2, 0.25) is 0 Å². The zero-order valence-electron chi connectivity index (χ0n) is 12.4. The summed E-state index contributed by atoms with van der Waals surface area (Å²) >= 11 is 0. The Kier molecular flexibility index (Phi) is 4.04. The van der Waals surface area contributed by atoms with Crippen LogP contribution in [-0.4, -0.2) is 15.7 Å². The molecule has 1 aliphatic carbocycles. The molecule has 1 aliphatic rings. The van der Waals surface area contributed by atoms with E-state index < -0.39 is 0 Å². The smallest absolute Gasteiger partial charge is 0.228 e. The van der Waals surface area contributed by atoms with Gasteiger partial charge in [0.25, 0.3) is 0 Å². The average Bonchev–Trinajstić information content (AvgIpc) is 2.90. The Labute approximate surface area is 125 Å². The summed E-state index contributed by atoms with van der Waals surface area (Å²) in [6.07, 6.45) is 5.61. The SMILES string of the molecule is Cn1nc(-c2ccccc2)cc1NC(=O)C1CCCCC1. The molecule has 0 unspecified atom stereocenters. The van der Waals surface area contributed by atoms with Crippen molar-refractivity contribution in [2.45, 2.75) is 32.1 Å². The van der Waals surface area contributed by atoms with Crippen molar-refractivity contribution in [3.63, 3.8) is 0 Å². The number of amides is 1. The van der Waals surface area contributed by atoms with E-state index in [2.05, 4.69) is 10.4 Å². The molecule has 0 spiro atoms. The second-order valence-electron chi connectivity index (χ2n) is 5.73. The lowest BCUT2D eigenvalue weighted by atomic mass is 9.89. The number of benzene rings is 1. The first-order chi connectivity index (χ1) is 10.2. The second kappa shape index (κ2) is 6.12. The van der Waals surface area contributed by atoms with E-state index in [1.54, 1.807) is 4.68 Å². The molecular weight excluding hydrogens is 262 g/mol. The minimum Gasteiger partial charge on any atom is -0.311 e. The van der Waals surface area contributed by atoms with Gasteiger partial charge in [0, 0.05) is 24.6 Å². The van der Waals surface area contributed by atoms with Crippen LogP contribution in [0, 0.1) is 5.92 Å². The first kappa shape index (κ1) is 13.9. The minimum atomic E-state index is 0.136. The highest BCUT2D eigenvalue weighted by molar-refractivity contribution is 5.92. The Morgan fingerprint density at radius 1 is 1.19 bits per heavy atom. The number of nitrogens with one attached hydrogen (secondary N) is 1. The van der Waals surface area contributed by atoms with Crippen LogP contribution in [0.3, 0.4) is 0 Å². The zero-order valence-corrected chi connectivity index (χ0v) is 12.4. The summed E-state index contributed by atoms with van der Waals surface area (Å²) in [6, 6.07) is 12.0. The summed E-state index contributed by atoms with van der Waals surface area (Å²) < 4.78 is 1.74. The fraction of sp³-hybridized carbons (Fsp3) is 0.412. The van der Waals surface area contributed by atoms with E-state index in [1.165, 1.54) is 19.3 Å². The summed E-state index contributed by atoms with van der Waals surface area (Å²) in [6.45, 7) is 0. The fourth-order valence-corrected chi connectivity index (χ4v) is 2.93. The van der Waals surface area contributed by atoms with Gasteiger partial charge in [0.2, 0.25) is 5.91 Å². The molecular formula is C17H21N3O. The molecule has 0 aliphatic heterocycles. The normalized spacial score (nSPS) is 15.9. The number of hydrogen-bond acceptors (Lipinski definition) is 2. The first-order valence-corrected chi connectivity index (χ1v) is 7.64. The van der Waals surface area contributed by atoms with E-state index in [0.29, 0.717) is 0 Å². The molecule has 1 aromatic carbocycles. The van der Waals surface area contributed by atoms with Gasteiger partial charge in [0.1, 0.15) is 5.82 Å². The van der Waals surface area contributed by atoms with Crippen LogP contribution in [-0.2, 0) is 11.8 Å². The van der Waals surface area contributed by atoms with Gasteiger partial charge in [-0.2, -0.15) is 5.10 Å². The Balaban J connectivity index is 1.74. The van der Waals surface area contributed by atoms with Crippen LogP contribution in [0.5, 0.6) is 0 Å². The van der Waals surface area contributed by atoms with E-state index in [0.717, 1.165) is 29.9 Å². The van der Waals surface area contributed by atoms with Crippen LogP contribution >= 0.6 is 0 Å². The van der Waals surface area contributed by atoms with Gasteiger partial charge in [0.15, 0.2) is 0 Å². The van der Waals surface area contributed by atoms with Crippen molar-refractivity contribution in [2.24, 2.45) is 13.0 Å². The summed E-state index contributed by atoms with van der Waals surface area (Å²) in [5.74, 6) is 1.07. The molecule has 4 nitrogen and oxygen atoms in total. The number of nitrogens with zero attached hydrogens (tertiary/aromatic N) is 2. The Bertz CT molecular complexity index is 612. The molecule has 110 valence electrons. The molecule has 1 aromatic heterocycles. The Morgan fingerprint density at radius 3 is 2.62 bits per heavy atom. The number of carbonyl (C=O) groups is 1. The summed E-state index contributed by atoms with van der Waals surface area (Å²) in [5.41, 5.74) is 1.95. The molecule has 0 radical (unpaired) electrons. The largest absolute Gasteiger partial charge is 0.311 e. The third kappa shape index (κ3) is 3.15. The van der Waals surface area contributed by atoms with E-state index in [-0.39, 0.29) is 11.8 Å². The van der Waals surface area contributed by atoms with Crippen LogP contribution < -0.4 is 5.32 Å². The second-order valence-corrected chi connectivity index (χ2v) is 5.73. The standard InChI is InChI=1S/C17H21N3O/c1-20-16(18-17(21)14-10-6-3-7-11-14)12-15(19-20)13-8-4-2-5-9-13/h2,4-5,8-9,12,14H,3,6-7,10-11H2,1H3,(H,18,21). The maximum atomic E-state index is 12.3. The lowest BCUT2D eigenvalue weighted by molar-refractivity contribution is -0.120. The third-order valence-electron chi connectivity index (χ3n) is 4.18. The van der Waals surface area contributed by atoms with Gasteiger partial charge in [-0.25, -0.2) is 0 Å². The molecule has 2 aromatic rings. The lowest BCUT2D eigenvalue weighted by Crippen LogP contribution is -2.25. The molecule has 0 bridgehead atoms. The summed E-state index contributed by atoms with van der Waals surface area (Å²) in [5, 5.41) is 7.51. The van der Waals surface area contributed by atoms with Crippen molar-refractivity contribution < 1.29 is 4.79 Å². The van der Waals surface area contributed by atoms with E-state index in [4.69, 9.17) is 0 Å². The summed E-state index contributed by atoms with van der Waals surface area (Å²) in [4.78, 5) is 12.3. The first-order valence-electron chi connectivity index (χ1n) is 7.64. The Morgan fingerprint density at radius 2 is 1.90 bits per heavy atom. The van der Waals surface area contributed by atoms with Crippen molar-refractivity contribution >= 4 is 11.7 Å². The third-order valence-corrected chi connectivity index (χ3v) is 4.18. The van der Waals surface area contributed by atoms with Crippen LogP contribution in [0.25, 0.3) is 11.3 Å². The van der Waals surface area contributed by atoms with Gasteiger partial charge in [0.05, 0.1) is 5.69 Å². The maximum absolute atomic E-state index is 12.3. The number of aryl methyl sites for hydroxylation is 1. The number of rotatable bonds is 3. The molecule has 1 saturated carbocycles. The van der Waals surface area contributed by atoms with Crippen LogP contribution in [0.1, 0.15) is 32.1 Å². The molecule has 1 fully saturated rings. The predicted octanol–water partition coefficient (Wildman–Crippen LogP) is 3.61. The predicted molar refractivity (Wildman–Crippen MR) is 83.8 cm³/mol. The highest BCUT2D eigenvalue weighted by Crippen LogP contribution is 2.26. The zero-order chi connectivity index (χ0) is 14.7. The molecule has 21 heavy (non-hydrogen) atoms. The van der Waals surface area contributed by atoms with Crippen molar-refractivity contribution in [3.05, 3.63) is 36.4 Å². The lowest BCUT2D eigenvalue weighted by Gasteiger charge is -2.20. The van der Waals surface area contributed by atoms with Crippen molar-refractivity contribution in [2.75, 3.05) is 5.32 Å². The minimum absolute atomic E-state index is 0.136. The van der Waals surface area contributed by atoms with Gasteiger partial charge in [-0.3, -0.25) is 9.48 Å². The van der Waals surface area contributed by atoms with Crippen molar-refractivity contribution in [1.29, 1.82) is 0 Å².